The molecule has 7 heteroatoms. The highest BCUT2D eigenvalue weighted by molar-refractivity contribution is 5.84. The van der Waals surface area contributed by atoms with E-state index in [9.17, 15) is 9.90 Å². The van der Waals surface area contributed by atoms with Crippen molar-refractivity contribution >= 4 is 17.1 Å². The molecule has 0 amide bonds. The van der Waals surface area contributed by atoms with Crippen LogP contribution >= 0.6 is 0 Å². The van der Waals surface area contributed by atoms with Crippen LogP contribution in [0.3, 0.4) is 0 Å². The average Bonchev–Trinajstić information content (AvgIpc) is 3.01. The van der Waals surface area contributed by atoms with Crippen LogP contribution in [0.2, 0.25) is 0 Å². The van der Waals surface area contributed by atoms with Crippen LogP contribution in [-0.4, -0.2) is 30.8 Å². The Kier molecular flexibility index (Phi) is 4.73. The fraction of sp³-hybridized carbons (Fsp3) is 0.217. The van der Waals surface area contributed by atoms with Crippen molar-refractivity contribution < 1.29 is 5.11 Å². The van der Waals surface area contributed by atoms with Gasteiger partial charge in [0.2, 0.25) is 5.88 Å². The van der Waals surface area contributed by atoms with Crippen LogP contribution < -0.4 is 5.56 Å². The van der Waals surface area contributed by atoms with E-state index in [1.54, 1.807) is 19.1 Å². The summed E-state index contributed by atoms with van der Waals surface area (Å²) in [5, 5.41) is 20.0. The molecule has 4 aromatic rings. The van der Waals surface area contributed by atoms with Gasteiger partial charge in [0, 0.05) is 5.41 Å². The summed E-state index contributed by atoms with van der Waals surface area (Å²) in [6.45, 7) is 7.72. The van der Waals surface area contributed by atoms with Crippen LogP contribution in [0.4, 0.5) is 0 Å². The van der Waals surface area contributed by atoms with E-state index in [0.717, 1.165) is 5.69 Å². The number of benzene rings is 2. The van der Waals surface area contributed by atoms with Gasteiger partial charge in [0.15, 0.2) is 0 Å². The number of para-hydroxylation sites is 2. The van der Waals surface area contributed by atoms with E-state index in [1.807, 2.05) is 63.2 Å². The minimum Gasteiger partial charge on any atom is -0.493 e. The number of aromatic nitrogens is 4. The number of aromatic hydroxyl groups is 1. The minimum atomic E-state index is -0.411. The van der Waals surface area contributed by atoms with Crippen LogP contribution in [0.25, 0.3) is 16.6 Å². The minimum absolute atomic E-state index is 0.0402. The van der Waals surface area contributed by atoms with Crippen molar-refractivity contribution in [2.75, 3.05) is 0 Å². The van der Waals surface area contributed by atoms with Crippen molar-refractivity contribution in [1.82, 2.24) is 19.4 Å². The highest BCUT2D eigenvalue weighted by Crippen LogP contribution is 2.24. The Bertz CT molecular complexity index is 1310. The largest absolute Gasteiger partial charge is 0.493 e. The zero-order chi connectivity index (χ0) is 21.5. The van der Waals surface area contributed by atoms with Crippen molar-refractivity contribution in [2.45, 2.75) is 33.1 Å². The van der Waals surface area contributed by atoms with Gasteiger partial charge in [-0.3, -0.25) is 4.79 Å². The van der Waals surface area contributed by atoms with E-state index in [1.165, 1.54) is 15.6 Å². The van der Waals surface area contributed by atoms with Gasteiger partial charge in [-0.2, -0.15) is 14.9 Å². The van der Waals surface area contributed by atoms with Crippen molar-refractivity contribution in [3.8, 4) is 11.6 Å². The maximum absolute atomic E-state index is 13.1. The Balaban J connectivity index is 1.87. The molecule has 2 aromatic heterocycles. The van der Waals surface area contributed by atoms with Gasteiger partial charge in [-0.1, -0.05) is 51.1 Å². The van der Waals surface area contributed by atoms with Gasteiger partial charge in [0.05, 0.1) is 34.1 Å². The first-order valence-electron chi connectivity index (χ1n) is 9.68. The van der Waals surface area contributed by atoms with Crippen LogP contribution in [0, 0.1) is 6.92 Å². The van der Waals surface area contributed by atoms with Crippen LogP contribution in [-0.2, 0) is 5.41 Å². The van der Waals surface area contributed by atoms with Gasteiger partial charge in [0.25, 0.3) is 5.56 Å². The SMILES string of the molecule is Cc1nn(-c2ccccc2)c(O)c1C=Nn1c(C(C)(C)C)nc2ccccc2c1=O. The standard InChI is InChI=1S/C23H23N5O2/c1-15-18(21(30)27(26-15)16-10-6-5-7-11-16)14-24-28-20(29)17-12-8-9-13-19(17)25-22(28)23(2,3)4/h5-14,30H,1-4H3. The van der Waals surface area contributed by atoms with Gasteiger partial charge in [-0.25, -0.2) is 9.67 Å². The lowest BCUT2D eigenvalue weighted by atomic mass is 9.95. The van der Waals surface area contributed by atoms with E-state index in [-0.39, 0.29) is 11.4 Å². The molecule has 0 saturated heterocycles. The second kappa shape index (κ2) is 7.26. The van der Waals surface area contributed by atoms with Gasteiger partial charge in [0.1, 0.15) is 5.82 Å². The van der Waals surface area contributed by atoms with E-state index in [4.69, 9.17) is 0 Å². The molecule has 4 rings (SSSR count). The molecule has 0 fully saturated rings. The molecule has 0 aliphatic carbocycles. The Morgan fingerprint density at radius 1 is 1.03 bits per heavy atom. The monoisotopic (exact) mass is 401 g/mol. The molecule has 2 heterocycles. The lowest BCUT2D eigenvalue weighted by Crippen LogP contribution is -2.29. The molecular formula is C23H23N5O2. The van der Waals surface area contributed by atoms with Gasteiger partial charge in [-0.15, -0.1) is 0 Å². The second-order valence-corrected chi connectivity index (χ2v) is 8.13. The molecule has 0 atom stereocenters. The quantitative estimate of drug-likeness (QED) is 0.530. The van der Waals surface area contributed by atoms with Crippen LogP contribution in [0.1, 0.15) is 37.9 Å². The molecule has 0 aliphatic heterocycles. The van der Waals surface area contributed by atoms with Crippen molar-refractivity contribution in [1.29, 1.82) is 0 Å². The van der Waals surface area contributed by atoms with E-state index >= 15 is 0 Å². The smallest absolute Gasteiger partial charge is 0.282 e. The number of nitrogens with zero attached hydrogens (tertiary/aromatic N) is 5. The Labute approximate surface area is 173 Å². The summed E-state index contributed by atoms with van der Waals surface area (Å²) >= 11 is 0. The van der Waals surface area contributed by atoms with Gasteiger partial charge >= 0.3 is 0 Å². The molecule has 0 spiro atoms. The molecule has 0 saturated carbocycles. The van der Waals surface area contributed by atoms with E-state index in [2.05, 4.69) is 15.2 Å². The lowest BCUT2D eigenvalue weighted by molar-refractivity contribution is 0.433. The fourth-order valence-corrected chi connectivity index (χ4v) is 3.26. The predicted molar refractivity (Wildman–Crippen MR) is 118 cm³/mol. The highest BCUT2D eigenvalue weighted by Gasteiger charge is 2.23. The lowest BCUT2D eigenvalue weighted by Gasteiger charge is -2.20. The molecular weight excluding hydrogens is 378 g/mol. The average molecular weight is 401 g/mol. The number of rotatable bonds is 3. The van der Waals surface area contributed by atoms with Crippen molar-refractivity contribution in [3.63, 3.8) is 0 Å². The first-order valence-corrected chi connectivity index (χ1v) is 9.68. The first-order chi connectivity index (χ1) is 14.3. The number of hydrogen-bond donors (Lipinski definition) is 1. The summed E-state index contributed by atoms with van der Waals surface area (Å²) in [6.07, 6.45) is 1.46. The Morgan fingerprint density at radius 3 is 2.40 bits per heavy atom. The third-order valence-corrected chi connectivity index (χ3v) is 4.81. The topological polar surface area (TPSA) is 85.3 Å². The fourth-order valence-electron chi connectivity index (χ4n) is 3.26. The number of aryl methyl sites for hydroxylation is 1. The van der Waals surface area contributed by atoms with Crippen LogP contribution in [0.15, 0.2) is 64.5 Å². The maximum atomic E-state index is 13.1. The Morgan fingerprint density at radius 2 is 1.70 bits per heavy atom. The zero-order valence-corrected chi connectivity index (χ0v) is 17.4. The zero-order valence-electron chi connectivity index (χ0n) is 17.4. The van der Waals surface area contributed by atoms with Crippen molar-refractivity contribution in [3.05, 3.63) is 82.0 Å². The number of fused-ring (bicyclic) bond motifs is 1. The summed E-state index contributed by atoms with van der Waals surface area (Å²) in [5.74, 6) is 0.497. The third-order valence-electron chi connectivity index (χ3n) is 4.81. The Hall–Kier alpha value is -3.74. The molecule has 7 nitrogen and oxygen atoms in total. The van der Waals surface area contributed by atoms with Crippen molar-refractivity contribution in [2.24, 2.45) is 5.10 Å². The van der Waals surface area contributed by atoms with Gasteiger partial charge in [-0.05, 0) is 31.2 Å². The first kappa shape index (κ1) is 19.6. The summed E-state index contributed by atoms with van der Waals surface area (Å²) in [5.41, 5.74) is 1.74. The number of hydrogen-bond acceptors (Lipinski definition) is 5. The summed E-state index contributed by atoms with van der Waals surface area (Å²) in [4.78, 5) is 17.8. The molecule has 0 radical (unpaired) electrons. The second-order valence-electron chi connectivity index (χ2n) is 8.13. The molecule has 0 unspecified atom stereocenters. The van der Waals surface area contributed by atoms with E-state index in [0.29, 0.717) is 28.0 Å². The molecule has 0 bridgehead atoms. The molecule has 1 N–H and O–H groups in total. The molecule has 0 aliphatic rings. The summed E-state index contributed by atoms with van der Waals surface area (Å²) < 4.78 is 2.75. The van der Waals surface area contributed by atoms with Gasteiger partial charge < -0.3 is 5.11 Å². The summed E-state index contributed by atoms with van der Waals surface area (Å²) in [6, 6.07) is 16.5. The van der Waals surface area contributed by atoms with Crippen LogP contribution in [0.5, 0.6) is 5.88 Å². The third kappa shape index (κ3) is 3.39. The summed E-state index contributed by atoms with van der Waals surface area (Å²) in [7, 11) is 0. The highest BCUT2D eigenvalue weighted by atomic mass is 16.3. The molecule has 152 valence electrons. The predicted octanol–water partition coefficient (Wildman–Crippen LogP) is 3.78. The maximum Gasteiger partial charge on any atom is 0.282 e. The van der Waals surface area contributed by atoms with E-state index < -0.39 is 5.41 Å². The normalized spacial score (nSPS) is 12.1. The molecule has 2 aromatic carbocycles. The molecule has 30 heavy (non-hydrogen) atoms.